The van der Waals surface area contributed by atoms with Gasteiger partial charge in [0, 0.05) is 12.0 Å². The minimum atomic E-state index is -1.54. The van der Waals surface area contributed by atoms with Crippen LogP contribution < -0.4 is 5.73 Å². The Morgan fingerprint density at radius 3 is 2.36 bits per heavy atom. The average Bonchev–Trinajstić information content (AvgIpc) is 2.48. The van der Waals surface area contributed by atoms with E-state index in [2.05, 4.69) is 0 Å². The molecular weight excluding hydrogens is 221 g/mol. The molecule has 1 aromatic rings. The van der Waals surface area contributed by atoms with Gasteiger partial charge < -0.3 is 5.73 Å². The maximum atomic E-state index is 14.7. The van der Waals surface area contributed by atoms with Crippen LogP contribution in [0.1, 0.15) is 25.6 Å². The number of nitrogens with two attached hydrogens (primary N) is 1. The smallest absolute Gasteiger partial charge is 0.163 e. The normalized spacial score (nSPS) is 16.7. The number of rotatable bonds is 2. The third-order valence-electron chi connectivity index (χ3n) is 2.45. The highest BCUT2D eigenvalue weighted by Gasteiger charge is 2.45. The van der Waals surface area contributed by atoms with Gasteiger partial charge in [0.25, 0.3) is 0 Å². The van der Waals surface area contributed by atoms with Crippen LogP contribution in [-0.2, 0) is 5.67 Å². The topological polar surface area (TPSA) is 26.0 Å². The Hall–Kier alpha value is -0.120. The molecule has 0 aromatic carbocycles. The largest absolute Gasteiger partial charge is 0.327 e. The monoisotopic (exact) mass is 235 g/mol. The molecule has 1 unspecified atom stereocenters. The van der Waals surface area contributed by atoms with E-state index in [1.807, 2.05) is 20.8 Å². The third-order valence-corrected chi connectivity index (χ3v) is 3.93. The summed E-state index contributed by atoms with van der Waals surface area (Å²) in [5, 5.41) is 2.26. The molecule has 0 saturated heterocycles. The van der Waals surface area contributed by atoms with Crippen molar-refractivity contribution in [1.29, 1.82) is 0 Å². The lowest BCUT2D eigenvalue weighted by molar-refractivity contribution is 0.0381. The second kappa shape index (κ2) is 3.80. The summed E-state index contributed by atoms with van der Waals surface area (Å²) in [6.45, 7) is 5.44. The second-order valence-electron chi connectivity index (χ2n) is 4.35. The summed E-state index contributed by atoms with van der Waals surface area (Å²) < 4.78 is 14.7. The van der Waals surface area contributed by atoms with E-state index in [-0.39, 0.29) is 6.54 Å². The lowest BCUT2D eigenvalue weighted by atomic mass is 9.77. The van der Waals surface area contributed by atoms with Crippen molar-refractivity contribution in [3.8, 4) is 0 Å². The van der Waals surface area contributed by atoms with Crippen molar-refractivity contribution < 1.29 is 4.39 Å². The van der Waals surface area contributed by atoms with Gasteiger partial charge in [-0.05, 0) is 11.4 Å². The first kappa shape index (κ1) is 12.0. The lowest BCUT2D eigenvalue weighted by Gasteiger charge is -2.36. The van der Waals surface area contributed by atoms with Gasteiger partial charge in [0.15, 0.2) is 5.67 Å². The van der Waals surface area contributed by atoms with Gasteiger partial charge in [0.05, 0.1) is 9.90 Å². The molecule has 4 heteroatoms. The molecule has 0 aliphatic carbocycles. The van der Waals surface area contributed by atoms with Crippen LogP contribution in [-0.4, -0.2) is 6.54 Å². The van der Waals surface area contributed by atoms with Crippen molar-refractivity contribution in [2.45, 2.75) is 26.4 Å². The van der Waals surface area contributed by atoms with E-state index in [1.54, 1.807) is 11.4 Å². The molecular formula is C10H15ClFNS. The summed E-state index contributed by atoms with van der Waals surface area (Å²) in [6, 6.07) is 1.71. The Kier molecular flexibility index (Phi) is 3.24. The van der Waals surface area contributed by atoms with Gasteiger partial charge in [-0.3, -0.25) is 0 Å². The van der Waals surface area contributed by atoms with Gasteiger partial charge in [0.2, 0.25) is 0 Å². The standard InChI is InChI=1S/C10H15ClFNS/c1-9(2,3)10(12,6-13)8-7(11)4-5-14-8/h4-5H,6,13H2,1-3H3. The third kappa shape index (κ3) is 1.81. The number of hydrogen-bond acceptors (Lipinski definition) is 2. The molecule has 1 atom stereocenters. The highest BCUT2D eigenvalue weighted by Crippen LogP contribution is 2.46. The Balaban J connectivity index is 3.22. The second-order valence-corrected chi connectivity index (χ2v) is 5.68. The Morgan fingerprint density at radius 2 is 2.07 bits per heavy atom. The molecule has 0 amide bonds. The minimum Gasteiger partial charge on any atom is -0.327 e. The highest BCUT2D eigenvalue weighted by molar-refractivity contribution is 7.10. The summed E-state index contributed by atoms with van der Waals surface area (Å²) in [5.41, 5.74) is 3.44. The summed E-state index contributed by atoms with van der Waals surface area (Å²) >= 11 is 7.24. The molecule has 0 fully saturated rings. The average molecular weight is 236 g/mol. The fraction of sp³-hybridized carbons (Fsp3) is 0.600. The minimum absolute atomic E-state index is 0.0449. The first-order chi connectivity index (χ1) is 6.33. The van der Waals surface area contributed by atoms with Gasteiger partial charge in [0.1, 0.15) is 0 Å². The molecule has 1 rings (SSSR count). The number of halogens is 2. The molecule has 0 saturated carbocycles. The molecule has 0 spiro atoms. The van der Waals surface area contributed by atoms with Crippen molar-refractivity contribution in [1.82, 2.24) is 0 Å². The Bertz CT molecular complexity index is 318. The molecule has 0 bridgehead atoms. The van der Waals surface area contributed by atoms with Crippen LogP contribution in [0.15, 0.2) is 11.4 Å². The maximum absolute atomic E-state index is 14.7. The van der Waals surface area contributed by atoms with Crippen molar-refractivity contribution >= 4 is 22.9 Å². The van der Waals surface area contributed by atoms with Crippen LogP contribution in [0.3, 0.4) is 0 Å². The Morgan fingerprint density at radius 1 is 1.50 bits per heavy atom. The number of hydrogen-bond donors (Lipinski definition) is 1. The molecule has 80 valence electrons. The fourth-order valence-corrected chi connectivity index (χ4v) is 2.83. The van der Waals surface area contributed by atoms with Crippen LogP contribution in [0.2, 0.25) is 5.02 Å². The lowest BCUT2D eigenvalue weighted by Crippen LogP contribution is -2.42. The van der Waals surface area contributed by atoms with Gasteiger partial charge >= 0.3 is 0 Å². The quantitative estimate of drug-likeness (QED) is 0.833. The van der Waals surface area contributed by atoms with E-state index in [0.29, 0.717) is 9.90 Å². The van der Waals surface area contributed by atoms with Crippen molar-refractivity contribution in [3.63, 3.8) is 0 Å². The van der Waals surface area contributed by atoms with Gasteiger partial charge in [-0.25, -0.2) is 4.39 Å². The SMILES string of the molecule is CC(C)(C)C(F)(CN)c1sccc1Cl. The number of alkyl halides is 1. The molecule has 2 N–H and O–H groups in total. The maximum Gasteiger partial charge on any atom is 0.163 e. The molecule has 1 nitrogen and oxygen atoms in total. The molecule has 14 heavy (non-hydrogen) atoms. The van der Waals surface area contributed by atoms with Crippen molar-refractivity contribution in [2.24, 2.45) is 11.1 Å². The molecule has 1 heterocycles. The van der Waals surface area contributed by atoms with Crippen LogP contribution in [0.25, 0.3) is 0 Å². The molecule has 0 radical (unpaired) electrons. The van der Waals surface area contributed by atoms with Crippen molar-refractivity contribution in [3.05, 3.63) is 21.3 Å². The van der Waals surface area contributed by atoms with Crippen LogP contribution in [0, 0.1) is 5.41 Å². The van der Waals surface area contributed by atoms with Crippen LogP contribution >= 0.6 is 22.9 Å². The van der Waals surface area contributed by atoms with Gasteiger partial charge in [-0.1, -0.05) is 32.4 Å². The highest BCUT2D eigenvalue weighted by atomic mass is 35.5. The predicted molar refractivity (Wildman–Crippen MR) is 60.6 cm³/mol. The van der Waals surface area contributed by atoms with E-state index >= 15 is 0 Å². The summed E-state index contributed by atoms with van der Waals surface area (Å²) in [5.74, 6) is 0. The van der Waals surface area contributed by atoms with Crippen LogP contribution in [0.4, 0.5) is 4.39 Å². The first-order valence-electron chi connectivity index (χ1n) is 4.45. The summed E-state index contributed by atoms with van der Waals surface area (Å²) in [6.07, 6.45) is 0. The van der Waals surface area contributed by atoms with E-state index in [4.69, 9.17) is 17.3 Å². The van der Waals surface area contributed by atoms with E-state index in [1.165, 1.54) is 11.3 Å². The van der Waals surface area contributed by atoms with E-state index < -0.39 is 11.1 Å². The fourth-order valence-electron chi connectivity index (χ4n) is 1.32. The van der Waals surface area contributed by atoms with Gasteiger partial charge in [-0.2, -0.15) is 0 Å². The first-order valence-corrected chi connectivity index (χ1v) is 5.71. The zero-order chi connectivity index (χ0) is 11.0. The van der Waals surface area contributed by atoms with Crippen LogP contribution in [0.5, 0.6) is 0 Å². The molecule has 0 aliphatic heterocycles. The molecule has 1 aromatic heterocycles. The Labute approximate surface area is 93.1 Å². The van der Waals surface area contributed by atoms with Crippen molar-refractivity contribution in [2.75, 3.05) is 6.54 Å². The summed E-state index contributed by atoms with van der Waals surface area (Å²) in [7, 11) is 0. The zero-order valence-electron chi connectivity index (χ0n) is 8.60. The van der Waals surface area contributed by atoms with E-state index in [0.717, 1.165) is 0 Å². The zero-order valence-corrected chi connectivity index (χ0v) is 10.2. The molecule has 0 aliphatic rings. The number of thiophene rings is 1. The predicted octanol–water partition coefficient (Wildman–Crippen LogP) is 3.57. The van der Waals surface area contributed by atoms with Gasteiger partial charge in [-0.15, -0.1) is 11.3 Å². The van der Waals surface area contributed by atoms with E-state index in [9.17, 15) is 4.39 Å². The summed E-state index contributed by atoms with van der Waals surface area (Å²) in [4.78, 5) is 0.536.